The van der Waals surface area contributed by atoms with Crippen LogP contribution in [0.2, 0.25) is 0 Å². The van der Waals surface area contributed by atoms with Gasteiger partial charge in [0, 0.05) is 36.9 Å². The number of pyridine rings is 1. The van der Waals surface area contributed by atoms with Crippen molar-refractivity contribution < 1.29 is 14.3 Å². The number of aromatic hydroxyl groups is 1. The van der Waals surface area contributed by atoms with E-state index in [1.54, 1.807) is 12.1 Å². The molecule has 2 aromatic heterocycles. The molecular formula is C20H20FN5O2. The number of nitrogens with zero attached hydrogens (tertiary/aromatic N) is 3. The van der Waals surface area contributed by atoms with Gasteiger partial charge >= 0.3 is 0 Å². The highest BCUT2D eigenvalue weighted by Crippen LogP contribution is 2.32. The molecule has 2 aliphatic rings. The monoisotopic (exact) mass is 381 g/mol. The van der Waals surface area contributed by atoms with Crippen molar-refractivity contribution in [3.63, 3.8) is 0 Å². The lowest BCUT2D eigenvalue weighted by atomic mass is 10.0. The zero-order valence-corrected chi connectivity index (χ0v) is 15.4. The largest absolute Gasteiger partial charge is 0.505 e. The Morgan fingerprint density at radius 1 is 1.32 bits per heavy atom. The highest BCUT2D eigenvalue weighted by Gasteiger charge is 2.40. The summed E-state index contributed by atoms with van der Waals surface area (Å²) in [5, 5.41) is 20.6. The van der Waals surface area contributed by atoms with Gasteiger partial charge in [-0.2, -0.15) is 5.10 Å². The number of hydrogen-bond donors (Lipinski definition) is 3. The number of aromatic nitrogens is 3. The number of nitrogens with one attached hydrogen (secondary N) is 2. The van der Waals surface area contributed by atoms with Gasteiger partial charge in [-0.3, -0.25) is 9.89 Å². The standard InChI is InChI=1S/C20H20FN5O2/c1-10-18-13(20(28)26-5-4-12-8-22-9-16(12)26)7-15(23-19(18)25-24-10)11-2-3-17(27)14(21)6-11/h2-3,6-7,12,16,22,27H,4-5,8-9H2,1H3,(H,23,24,25). The van der Waals surface area contributed by atoms with E-state index in [0.717, 1.165) is 31.7 Å². The first-order chi connectivity index (χ1) is 13.5. The molecule has 0 saturated carbocycles. The molecule has 0 bridgehead atoms. The number of phenols is 1. The molecule has 2 saturated heterocycles. The normalized spacial score (nSPS) is 21.4. The van der Waals surface area contributed by atoms with Crippen LogP contribution in [0.25, 0.3) is 22.3 Å². The number of halogens is 1. The summed E-state index contributed by atoms with van der Waals surface area (Å²) in [4.78, 5) is 19.9. The van der Waals surface area contributed by atoms with Crippen LogP contribution >= 0.6 is 0 Å². The number of benzene rings is 1. The molecule has 2 aliphatic heterocycles. The number of aromatic amines is 1. The molecule has 0 spiro atoms. The number of carbonyl (C=O) groups is 1. The number of rotatable bonds is 2. The molecule has 4 heterocycles. The van der Waals surface area contributed by atoms with Crippen molar-refractivity contribution in [3.05, 3.63) is 41.3 Å². The third-order valence-corrected chi connectivity index (χ3v) is 5.88. The fourth-order valence-corrected chi connectivity index (χ4v) is 4.41. The molecule has 1 amide bonds. The number of H-pyrrole nitrogens is 1. The Labute approximate surface area is 160 Å². The zero-order chi connectivity index (χ0) is 19.4. The minimum atomic E-state index is -0.732. The lowest BCUT2D eigenvalue weighted by molar-refractivity contribution is 0.0739. The number of carbonyl (C=O) groups excluding carboxylic acids is 1. The van der Waals surface area contributed by atoms with Gasteiger partial charge in [-0.1, -0.05) is 0 Å². The average Bonchev–Trinajstić information content (AvgIpc) is 3.39. The highest BCUT2D eigenvalue weighted by molar-refractivity contribution is 6.07. The second kappa shape index (κ2) is 6.27. The van der Waals surface area contributed by atoms with E-state index in [1.807, 2.05) is 11.8 Å². The molecule has 8 heteroatoms. The zero-order valence-electron chi connectivity index (χ0n) is 15.4. The van der Waals surface area contributed by atoms with Gasteiger partial charge in [0.05, 0.1) is 16.6 Å². The maximum atomic E-state index is 13.9. The molecule has 28 heavy (non-hydrogen) atoms. The van der Waals surface area contributed by atoms with Crippen molar-refractivity contribution in [1.29, 1.82) is 0 Å². The van der Waals surface area contributed by atoms with Crippen LogP contribution in [-0.4, -0.2) is 56.8 Å². The fourth-order valence-electron chi connectivity index (χ4n) is 4.41. The second-order valence-electron chi connectivity index (χ2n) is 7.54. The van der Waals surface area contributed by atoms with Crippen molar-refractivity contribution in [2.45, 2.75) is 19.4 Å². The Bertz CT molecular complexity index is 1100. The van der Waals surface area contributed by atoms with Gasteiger partial charge in [0.2, 0.25) is 0 Å². The molecule has 2 fully saturated rings. The molecule has 1 aromatic carbocycles. The Kier molecular flexibility index (Phi) is 3.83. The van der Waals surface area contributed by atoms with E-state index in [9.17, 15) is 14.3 Å². The van der Waals surface area contributed by atoms with Crippen LogP contribution in [-0.2, 0) is 0 Å². The van der Waals surface area contributed by atoms with Gasteiger partial charge in [0.15, 0.2) is 17.2 Å². The summed E-state index contributed by atoms with van der Waals surface area (Å²) in [6, 6.07) is 5.98. The van der Waals surface area contributed by atoms with Crippen molar-refractivity contribution in [1.82, 2.24) is 25.4 Å². The van der Waals surface area contributed by atoms with Crippen LogP contribution < -0.4 is 5.32 Å². The van der Waals surface area contributed by atoms with E-state index < -0.39 is 11.6 Å². The number of aryl methyl sites for hydroxylation is 1. The first kappa shape index (κ1) is 17.1. The maximum Gasteiger partial charge on any atom is 0.255 e. The Morgan fingerprint density at radius 2 is 2.18 bits per heavy atom. The molecule has 3 aromatic rings. The van der Waals surface area contributed by atoms with E-state index in [2.05, 4.69) is 20.5 Å². The van der Waals surface area contributed by atoms with Crippen LogP contribution in [0, 0.1) is 18.7 Å². The number of hydrogen-bond acceptors (Lipinski definition) is 5. The smallest absolute Gasteiger partial charge is 0.255 e. The predicted molar refractivity (Wildman–Crippen MR) is 101 cm³/mol. The van der Waals surface area contributed by atoms with Crippen molar-refractivity contribution >= 4 is 16.9 Å². The van der Waals surface area contributed by atoms with E-state index in [-0.39, 0.29) is 11.9 Å². The van der Waals surface area contributed by atoms with E-state index in [1.165, 1.54) is 12.1 Å². The molecular weight excluding hydrogens is 361 g/mol. The van der Waals surface area contributed by atoms with Gasteiger partial charge in [0.25, 0.3) is 5.91 Å². The van der Waals surface area contributed by atoms with Crippen LogP contribution in [0.15, 0.2) is 24.3 Å². The summed E-state index contributed by atoms with van der Waals surface area (Å²) in [5.41, 5.74) is 2.64. The summed E-state index contributed by atoms with van der Waals surface area (Å²) in [7, 11) is 0. The van der Waals surface area contributed by atoms with Gasteiger partial charge < -0.3 is 15.3 Å². The van der Waals surface area contributed by atoms with Crippen molar-refractivity contribution in [2.75, 3.05) is 19.6 Å². The fraction of sp³-hybridized carbons (Fsp3) is 0.350. The lowest BCUT2D eigenvalue weighted by Gasteiger charge is -2.24. The summed E-state index contributed by atoms with van der Waals surface area (Å²) in [5.74, 6) is -0.704. The molecule has 144 valence electrons. The summed E-state index contributed by atoms with van der Waals surface area (Å²) < 4.78 is 13.9. The van der Waals surface area contributed by atoms with Gasteiger partial charge in [-0.15, -0.1) is 0 Å². The predicted octanol–water partition coefficient (Wildman–Crippen LogP) is 2.21. The third-order valence-electron chi connectivity index (χ3n) is 5.88. The van der Waals surface area contributed by atoms with Crippen LogP contribution in [0.1, 0.15) is 22.5 Å². The molecule has 3 N–H and O–H groups in total. The Morgan fingerprint density at radius 3 is 3.00 bits per heavy atom. The topological polar surface area (TPSA) is 94.1 Å². The van der Waals surface area contributed by atoms with E-state index >= 15 is 0 Å². The first-order valence-electron chi connectivity index (χ1n) is 9.39. The van der Waals surface area contributed by atoms with E-state index in [0.29, 0.717) is 33.8 Å². The lowest BCUT2D eigenvalue weighted by Crippen LogP contribution is -2.39. The highest BCUT2D eigenvalue weighted by atomic mass is 19.1. The number of likely N-dealkylation sites (tertiary alicyclic amines) is 1. The molecule has 0 aliphatic carbocycles. The van der Waals surface area contributed by atoms with E-state index in [4.69, 9.17) is 0 Å². The minimum Gasteiger partial charge on any atom is -0.505 e. The molecule has 0 radical (unpaired) electrons. The first-order valence-corrected chi connectivity index (χ1v) is 9.39. The minimum absolute atomic E-state index is 0.0476. The molecule has 2 atom stereocenters. The second-order valence-corrected chi connectivity index (χ2v) is 7.54. The van der Waals surface area contributed by atoms with Gasteiger partial charge in [0.1, 0.15) is 0 Å². The molecule has 5 rings (SSSR count). The van der Waals surface area contributed by atoms with Crippen LogP contribution in [0.5, 0.6) is 5.75 Å². The quantitative estimate of drug-likeness (QED) is 0.633. The number of fused-ring (bicyclic) bond motifs is 2. The van der Waals surface area contributed by atoms with Gasteiger partial charge in [-0.25, -0.2) is 9.37 Å². The Balaban J connectivity index is 1.63. The summed E-state index contributed by atoms with van der Waals surface area (Å²) in [6.45, 7) is 4.35. The summed E-state index contributed by atoms with van der Waals surface area (Å²) in [6.07, 6.45) is 0.998. The van der Waals surface area contributed by atoms with Crippen LogP contribution in [0.4, 0.5) is 4.39 Å². The van der Waals surface area contributed by atoms with Crippen molar-refractivity contribution in [3.8, 4) is 17.0 Å². The Hall–Kier alpha value is -3.00. The maximum absolute atomic E-state index is 13.9. The number of amides is 1. The van der Waals surface area contributed by atoms with Crippen molar-refractivity contribution in [2.24, 2.45) is 5.92 Å². The van der Waals surface area contributed by atoms with Crippen LogP contribution in [0.3, 0.4) is 0 Å². The SMILES string of the molecule is Cc1[nH]nc2nc(-c3ccc(O)c(F)c3)cc(C(=O)N3CCC4CNCC43)c12. The number of phenolic OH excluding ortho intramolecular Hbond substituents is 1. The average molecular weight is 381 g/mol. The molecule has 2 unspecified atom stereocenters. The summed E-state index contributed by atoms with van der Waals surface area (Å²) >= 11 is 0. The molecule has 7 nitrogen and oxygen atoms in total. The van der Waals surface area contributed by atoms with Gasteiger partial charge in [-0.05, 0) is 43.5 Å². The third kappa shape index (κ3) is 2.56.